The van der Waals surface area contributed by atoms with Crippen LogP contribution in [0.2, 0.25) is 0 Å². The first-order chi connectivity index (χ1) is 7.99. The molecular formula is C12H26N2O2S. The Balaban J connectivity index is 0.000000325. The van der Waals surface area contributed by atoms with E-state index in [4.69, 9.17) is 0 Å². The Morgan fingerprint density at radius 1 is 1.35 bits per heavy atom. The molecule has 0 spiro atoms. The lowest BCUT2D eigenvalue weighted by molar-refractivity contribution is -0.138. The van der Waals surface area contributed by atoms with Gasteiger partial charge in [0, 0.05) is 38.5 Å². The van der Waals surface area contributed by atoms with Gasteiger partial charge in [0.1, 0.15) is 5.60 Å². The van der Waals surface area contributed by atoms with Crippen LogP contribution in [0.1, 0.15) is 20.8 Å². The Hall–Kier alpha value is -0.260. The van der Waals surface area contributed by atoms with Crippen molar-refractivity contribution in [3.05, 3.63) is 0 Å². The summed E-state index contributed by atoms with van der Waals surface area (Å²) in [6.45, 7) is 12.0. The Morgan fingerprint density at radius 3 is 2.29 bits per heavy atom. The molecule has 1 aliphatic heterocycles. The zero-order chi connectivity index (χ0) is 13.1. The molecule has 102 valence electrons. The molecule has 1 aliphatic rings. The van der Waals surface area contributed by atoms with Gasteiger partial charge in [0.05, 0.1) is 0 Å². The third-order valence-electron chi connectivity index (χ3n) is 2.22. The lowest BCUT2D eigenvalue weighted by atomic mass is 10.2. The SMILES string of the molecule is CC(C)(C)OC=O.CSCCN1CCNCC1. The van der Waals surface area contributed by atoms with Crippen molar-refractivity contribution in [1.82, 2.24) is 10.2 Å². The third kappa shape index (κ3) is 12.0. The van der Waals surface area contributed by atoms with Crippen LogP contribution in [0.15, 0.2) is 0 Å². The maximum absolute atomic E-state index is 9.60. The van der Waals surface area contributed by atoms with Crippen molar-refractivity contribution < 1.29 is 9.53 Å². The largest absolute Gasteiger partial charge is 0.462 e. The van der Waals surface area contributed by atoms with E-state index in [9.17, 15) is 4.79 Å². The monoisotopic (exact) mass is 262 g/mol. The summed E-state index contributed by atoms with van der Waals surface area (Å²) in [5, 5.41) is 3.34. The molecule has 5 heteroatoms. The molecule has 0 saturated carbocycles. The first kappa shape index (κ1) is 16.7. The molecule has 4 nitrogen and oxygen atoms in total. The van der Waals surface area contributed by atoms with E-state index in [1.807, 2.05) is 32.5 Å². The minimum Gasteiger partial charge on any atom is -0.462 e. The molecule has 1 fully saturated rings. The second kappa shape index (κ2) is 9.74. The van der Waals surface area contributed by atoms with Crippen LogP contribution in [0.4, 0.5) is 0 Å². The van der Waals surface area contributed by atoms with E-state index in [1.165, 1.54) is 38.5 Å². The number of nitrogens with zero attached hydrogens (tertiary/aromatic N) is 1. The molecule has 0 radical (unpaired) electrons. The van der Waals surface area contributed by atoms with Crippen LogP contribution < -0.4 is 5.32 Å². The number of hydrogen-bond acceptors (Lipinski definition) is 5. The van der Waals surface area contributed by atoms with Gasteiger partial charge in [-0.2, -0.15) is 11.8 Å². The van der Waals surface area contributed by atoms with E-state index in [-0.39, 0.29) is 5.60 Å². The predicted octanol–water partition coefficient (Wildman–Crippen LogP) is 1.21. The number of nitrogens with one attached hydrogen (secondary N) is 1. The normalized spacial score (nSPS) is 16.9. The quantitative estimate of drug-likeness (QED) is 0.771. The number of carbonyl (C=O) groups is 1. The molecule has 1 heterocycles. The molecule has 0 aliphatic carbocycles. The average molecular weight is 262 g/mol. The Kier molecular flexibility index (Phi) is 9.59. The number of rotatable bonds is 4. The Labute approximate surface area is 109 Å². The zero-order valence-corrected chi connectivity index (χ0v) is 12.3. The topological polar surface area (TPSA) is 41.6 Å². The van der Waals surface area contributed by atoms with Crippen molar-refractivity contribution >= 4 is 18.2 Å². The fourth-order valence-corrected chi connectivity index (χ4v) is 1.74. The van der Waals surface area contributed by atoms with Gasteiger partial charge in [-0.25, -0.2) is 0 Å². The van der Waals surface area contributed by atoms with Gasteiger partial charge in [-0.3, -0.25) is 9.69 Å². The van der Waals surface area contributed by atoms with Gasteiger partial charge in [0.25, 0.3) is 6.47 Å². The molecule has 0 atom stereocenters. The number of hydrogen-bond donors (Lipinski definition) is 1. The van der Waals surface area contributed by atoms with Crippen LogP contribution in [0, 0.1) is 0 Å². The maximum atomic E-state index is 9.60. The lowest BCUT2D eigenvalue weighted by Gasteiger charge is -2.26. The van der Waals surface area contributed by atoms with Crippen LogP contribution >= 0.6 is 11.8 Å². The second-order valence-electron chi connectivity index (χ2n) is 4.91. The van der Waals surface area contributed by atoms with Crippen molar-refractivity contribution in [2.75, 3.05) is 44.7 Å². The van der Waals surface area contributed by atoms with E-state index in [1.54, 1.807) is 0 Å². The van der Waals surface area contributed by atoms with Gasteiger partial charge in [-0.1, -0.05) is 0 Å². The van der Waals surface area contributed by atoms with Gasteiger partial charge in [0.2, 0.25) is 0 Å². The molecule has 0 bridgehead atoms. The summed E-state index contributed by atoms with van der Waals surface area (Å²) in [4.78, 5) is 12.1. The fraction of sp³-hybridized carbons (Fsp3) is 0.917. The van der Waals surface area contributed by atoms with Gasteiger partial charge in [-0.15, -0.1) is 0 Å². The Bertz CT molecular complexity index is 189. The van der Waals surface area contributed by atoms with E-state index in [0.29, 0.717) is 6.47 Å². The number of ether oxygens (including phenoxy) is 1. The smallest absolute Gasteiger partial charge is 0.293 e. The molecule has 0 aromatic rings. The highest BCUT2D eigenvalue weighted by Gasteiger charge is 2.07. The molecule has 1 N–H and O–H groups in total. The zero-order valence-electron chi connectivity index (χ0n) is 11.5. The number of carbonyl (C=O) groups excluding carboxylic acids is 1. The second-order valence-corrected chi connectivity index (χ2v) is 5.90. The van der Waals surface area contributed by atoms with Gasteiger partial charge < -0.3 is 10.1 Å². The van der Waals surface area contributed by atoms with E-state index >= 15 is 0 Å². The van der Waals surface area contributed by atoms with Crippen LogP contribution in [0.3, 0.4) is 0 Å². The summed E-state index contributed by atoms with van der Waals surface area (Å²) in [6, 6.07) is 0. The average Bonchev–Trinajstić information content (AvgIpc) is 2.27. The Morgan fingerprint density at radius 2 is 1.94 bits per heavy atom. The van der Waals surface area contributed by atoms with Crippen molar-refractivity contribution in [1.29, 1.82) is 0 Å². The summed E-state index contributed by atoms with van der Waals surface area (Å²) >= 11 is 1.93. The van der Waals surface area contributed by atoms with Crippen LogP contribution in [-0.2, 0) is 9.53 Å². The molecule has 0 unspecified atom stereocenters. The molecule has 1 rings (SSSR count). The molecule has 0 aromatic carbocycles. The highest BCUT2D eigenvalue weighted by molar-refractivity contribution is 7.98. The summed E-state index contributed by atoms with van der Waals surface area (Å²) in [7, 11) is 0. The molecule has 1 saturated heterocycles. The standard InChI is InChI=1S/C7H16N2S.C5H10O2/c1-10-7-6-9-4-2-8-3-5-9;1-5(2,3)7-4-6/h8H,2-7H2,1H3;4H,1-3H3. The molecule has 17 heavy (non-hydrogen) atoms. The van der Waals surface area contributed by atoms with E-state index in [0.717, 1.165) is 0 Å². The molecule has 0 aromatic heterocycles. The summed E-state index contributed by atoms with van der Waals surface area (Å²) < 4.78 is 4.55. The van der Waals surface area contributed by atoms with Gasteiger partial charge in [-0.05, 0) is 27.0 Å². The van der Waals surface area contributed by atoms with Crippen LogP contribution in [0.5, 0.6) is 0 Å². The maximum Gasteiger partial charge on any atom is 0.293 e. The van der Waals surface area contributed by atoms with Crippen molar-refractivity contribution in [3.8, 4) is 0 Å². The first-order valence-corrected chi connectivity index (χ1v) is 7.42. The van der Waals surface area contributed by atoms with Gasteiger partial charge in [0.15, 0.2) is 0 Å². The van der Waals surface area contributed by atoms with Crippen LogP contribution in [0.25, 0.3) is 0 Å². The van der Waals surface area contributed by atoms with Crippen molar-refractivity contribution in [2.45, 2.75) is 26.4 Å². The summed E-state index contributed by atoms with van der Waals surface area (Å²) in [5.41, 5.74) is -0.318. The van der Waals surface area contributed by atoms with Gasteiger partial charge >= 0.3 is 0 Å². The molecular weight excluding hydrogens is 236 g/mol. The van der Waals surface area contributed by atoms with E-state index in [2.05, 4.69) is 21.2 Å². The highest BCUT2D eigenvalue weighted by Crippen LogP contribution is 2.02. The lowest BCUT2D eigenvalue weighted by Crippen LogP contribution is -2.44. The van der Waals surface area contributed by atoms with Crippen molar-refractivity contribution in [2.24, 2.45) is 0 Å². The number of thioether (sulfide) groups is 1. The first-order valence-electron chi connectivity index (χ1n) is 6.03. The third-order valence-corrected chi connectivity index (χ3v) is 2.81. The van der Waals surface area contributed by atoms with Crippen molar-refractivity contribution in [3.63, 3.8) is 0 Å². The minimum atomic E-state index is -0.318. The van der Waals surface area contributed by atoms with E-state index < -0.39 is 0 Å². The number of piperazine rings is 1. The minimum absolute atomic E-state index is 0.318. The predicted molar refractivity (Wildman–Crippen MR) is 74.6 cm³/mol. The highest BCUT2D eigenvalue weighted by atomic mass is 32.2. The summed E-state index contributed by atoms with van der Waals surface area (Å²) in [5.74, 6) is 1.28. The van der Waals surface area contributed by atoms with Crippen LogP contribution in [-0.4, -0.2) is 61.7 Å². The fourth-order valence-electron chi connectivity index (χ4n) is 1.30. The molecule has 0 amide bonds. The summed E-state index contributed by atoms with van der Waals surface area (Å²) in [6.07, 6.45) is 2.17.